The summed E-state index contributed by atoms with van der Waals surface area (Å²) in [6, 6.07) is 7.10. The van der Waals surface area contributed by atoms with Gasteiger partial charge >= 0.3 is 5.97 Å². The first-order valence-corrected chi connectivity index (χ1v) is 7.20. The number of likely N-dealkylation sites (tertiary alicyclic amines) is 1. The number of benzene rings is 1. The van der Waals surface area contributed by atoms with Gasteiger partial charge in [0.2, 0.25) is 0 Å². The van der Waals surface area contributed by atoms with Crippen LogP contribution in [0.5, 0.6) is 0 Å². The Bertz CT molecular complexity index is 397. The van der Waals surface area contributed by atoms with Crippen LogP contribution in [0, 0.1) is 0 Å². The lowest BCUT2D eigenvalue weighted by molar-refractivity contribution is -0.143. The van der Waals surface area contributed by atoms with Gasteiger partial charge in [0.05, 0.1) is 0 Å². The van der Waals surface area contributed by atoms with Gasteiger partial charge in [-0.2, -0.15) is 0 Å². The highest BCUT2D eigenvalue weighted by Crippen LogP contribution is 2.25. The Balaban J connectivity index is 2.21. The van der Waals surface area contributed by atoms with E-state index in [-0.39, 0.29) is 0 Å². The van der Waals surface area contributed by atoms with Gasteiger partial charge in [-0.3, -0.25) is 9.69 Å². The highest BCUT2D eigenvalue weighted by atomic mass is 79.9. The van der Waals surface area contributed by atoms with Crippen molar-refractivity contribution in [1.82, 2.24) is 4.90 Å². The quantitative estimate of drug-likeness (QED) is 0.929. The zero-order valence-corrected chi connectivity index (χ0v) is 11.9. The topological polar surface area (TPSA) is 40.5 Å². The Kier molecular flexibility index (Phi) is 4.78. The van der Waals surface area contributed by atoms with E-state index < -0.39 is 12.0 Å². The van der Waals surface area contributed by atoms with E-state index in [0.717, 1.165) is 36.0 Å². The van der Waals surface area contributed by atoms with Crippen LogP contribution in [0.1, 0.15) is 37.3 Å². The molecule has 0 amide bonds. The molecule has 1 unspecified atom stereocenters. The number of rotatable bonds is 3. The number of nitrogens with zero attached hydrogens (tertiary/aromatic N) is 1. The van der Waals surface area contributed by atoms with E-state index in [1.807, 2.05) is 24.3 Å². The van der Waals surface area contributed by atoms with Gasteiger partial charge in [0.25, 0.3) is 0 Å². The van der Waals surface area contributed by atoms with Gasteiger partial charge in [-0.05, 0) is 43.6 Å². The van der Waals surface area contributed by atoms with Crippen LogP contribution in [0.3, 0.4) is 0 Å². The predicted molar refractivity (Wildman–Crippen MR) is 74.6 cm³/mol. The molecule has 1 atom stereocenters. The van der Waals surface area contributed by atoms with E-state index in [2.05, 4.69) is 20.8 Å². The van der Waals surface area contributed by atoms with Crippen molar-refractivity contribution in [3.8, 4) is 0 Å². The maximum Gasteiger partial charge on any atom is 0.325 e. The fraction of sp³-hybridized carbons (Fsp3) is 0.500. The zero-order valence-electron chi connectivity index (χ0n) is 10.3. The maximum atomic E-state index is 11.5. The Hall–Kier alpha value is -0.870. The summed E-state index contributed by atoms with van der Waals surface area (Å²) in [5.41, 5.74) is 0.868. The molecule has 4 heteroatoms. The summed E-state index contributed by atoms with van der Waals surface area (Å²) in [5, 5.41) is 9.49. The highest BCUT2D eigenvalue weighted by Gasteiger charge is 2.27. The number of carbonyl (C=O) groups is 1. The molecule has 0 spiro atoms. The minimum Gasteiger partial charge on any atom is -0.480 e. The molecule has 2 rings (SSSR count). The zero-order chi connectivity index (χ0) is 13.0. The van der Waals surface area contributed by atoms with Crippen molar-refractivity contribution < 1.29 is 9.90 Å². The lowest BCUT2D eigenvalue weighted by Crippen LogP contribution is -2.34. The number of aliphatic carboxylic acids is 1. The molecular weight excluding hydrogens is 294 g/mol. The first kappa shape index (κ1) is 13.6. The van der Waals surface area contributed by atoms with Crippen LogP contribution in [0.25, 0.3) is 0 Å². The monoisotopic (exact) mass is 311 g/mol. The molecule has 1 saturated heterocycles. The molecule has 0 aliphatic carbocycles. The van der Waals surface area contributed by atoms with Crippen molar-refractivity contribution in [1.29, 1.82) is 0 Å². The molecule has 18 heavy (non-hydrogen) atoms. The first-order valence-electron chi connectivity index (χ1n) is 6.41. The van der Waals surface area contributed by atoms with Crippen LogP contribution in [0.15, 0.2) is 28.7 Å². The van der Waals surface area contributed by atoms with Crippen LogP contribution in [-0.2, 0) is 4.79 Å². The molecule has 0 radical (unpaired) electrons. The summed E-state index contributed by atoms with van der Waals surface area (Å²) < 4.78 is 0.978. The van der Waals surface area contributed by atoms with Gasteiger partial charge in [0, 0.05) is 4.47 Å². The van der Waals surface area contributed by atoms with Crippen LogP contribution < -0.4 is 0 Å². The summed E-state index contributed by atoms with van der Waals surface area (Å²) in [6.07, 6.45) is 4.62. The Morgan fingerprint density at radius 3 is 2.17 bits per heavy atom. The predicted octanol–water partition coefficient (Wildman–Crippen LogP) is 3.45. The summed E-state index contributed by atoms with van der Waals surface area (Å²) in [7, 11) is 0. The first-order chi connectivity index (χ1) is 8.68. The summed E-state index contributed by atoms with van der Waals surface area (Å²) in [4.78, 5) is 13.6. The van der Waals surface area contributed by atoms with Crippen LogP contribution in [-0.4, -0.2) is 29.1 Å². The van der Waals surface area contributed by atoms with Crippen molar-refractivity contribution in [3.05, 3.63) is 34.3 Å². The average molecular weight is 312 g/mol. The second-order valence-corrected chi connectivity index (χ2v) is 5.66. The molecule has 0 aromatic heterocycles. The second kappa shape index (κ2) is 6.34. The molecule has 1 N–H and O–H groups in total. The maximum absolute atomic E-state index is 11.5. The third-order valence-corrected chi connectivity index (χ3v) is 3.95. The van der Waals surface area contributed by atoms with Crippen LogP contribution in [0.4, 0.5) is 0 Å². The average Bonchev–Trinajstić information content (AvgIpc) is 2.60. The second-order valence-electron chi connectivity index (χ2n) is 4.74. The van der Waals surface area contributed by atoms with Gasteiger partial charge in [-0.25, -0.2) is 0 Å². The van der Waals surface area contributed by atoms with E-state index in [1.54, 1.807) is 0 Å². The van der Waals surface area contributed by atoms with Gasteiger partial charge in [0.1, 0.15) is 6.04 Å². The standard InChI is InChI=1S/C14H18BrNO2/c15-12-7-5-11(6-8-12)13(14(17)18)16-9-3-1-2-4-10-16/h5-8,13H,1-4,9-10H2,(H,17,18). The molecule has 1 aliphatic heterocycles. The van der Waals surface area contributed by atoms with E-state index >= 15 is 0 Å². The van der Waals surface area contributed by atoms with Crippen molar-refractivity contribution in [3.63, 3.8) is 0 Å². The molecule has 3 nitrogen and oxygen atoms in total. The smallest absolute Gasteiger partial charge is 0.325 e. The third kappa shape index (κ3) is 3.33. The van der Waals surface area contributed by atoms with Crippen molar-refractivity contribution in [2.24, 2.45) is 0 Å². The molecule has 1 fully saturated rings. The molecule has 1 aliphatic rings. The van der Waals surface area contributed by atoms with E-state index in [9.17, 15) is 9.90 Å². The number of hydrogen-bond donors (Lipinski definition) is 1. The van der Waals surface area contributed by atoms with Crippen molar-refractivity contribution in [2.75, 3.05) is 13.1 Å². The molecule has 1 heterocycles. The molecule has 1 aromatic carbocycles. The molecule has 98 valence electrons. The number of carboxylic acid groups (broad SMARTS) is 1. The fourth-order valence-electron chi connectivity index (χ4n) is 2.51. The minimum absolute atomic E-state index is 0.504. The molecular formula is C14H18BrNO2. The normalized spacial score (nSPS) is 19.2. The Labute approximate surface area is 116 Å². The SMILES string of the molecule is O=C(O)C(c1ccc(Br)cc1)N1CCCCCC1. The van der Waals surface area contributed by atoms with Crippen molar-refractivity contribution in [2.45, 2.75) is 31.7 Å². The summed E-state index contributed by atoms with van der Waals surface area (Å²) >= 11 is 3.38. The van der Waals surface area contributed by atoms with E-state index in [1.165, 1.54) is 12.8 Å². The van der Waals surface area contributed by atoms with E-state index in [4.69, 9.17) is 0 Å². The van der Waals surface area contributed by atoms with E-state index in [0.29, 0.717) is 0 Å². The molecule has 0 saturated carbocycles. The van der Waals surface area contributed by atoms with Gasteiger partial charge in [0.15, 0.2) is 0 Å². The fourth-order valence-corrected chi connectivity index (χ4v) is 2.77. The number of hydrogen-bond acceptors (Lipinski definition) is 2. The summed E-state index contributed by atoms with van der Waals surface area (Å²) in [6.45, 7) is 1.76. The van der Waals surface area contributed by atoms with Crippen LogP contribution >= 0.6 is 15.9 Å². The Morgan fingerprint density at radius 2 is 1.67 bits per heavy atom. The molecule has 0 bridgehead atoms. The number of carboxylic acids is 1. The van der Waals surface area contributed by atoms with Gasteiger partial charge in [-0.15, -0.1) is 0 Å². The van der Waals surface area contributed by atoms with Crippen molar-refractivity contribution >= 4 is 21.9 Å². The van der Waals surface area contributed by atoms with Gasteiger partial charge < -0.3 is 5.11 Å². The largest absolute Gasteiger partial charge is 0.480 e. The number of halogens is 1. The lowest BCUT2D eigenvalue weighted by Gasteiger charge is -2.27. The van der Waals surface area contributed by atoms with Gasteiger partial charge in [-0.1, -0.05) is 40.9 Å². The van der Waals surface area contributed by atoms with Crippen LogP contribution in [0.2, 0.25) is 0 Å². The Morgan fingerprint density at radius 1 is 1.11 bits per heavy atom. The highest BCUT2D eigenvalue weighted by molar-refractivity contribution is 9.10. The third-order valence-electron chi connectivity index (χ3n) is 3.43. The molecule has 1 aromatic rings. The lowest BCUT2D eigenvalue weighted by atomic mass is 10.1. The summed E-state index contributed by atoms with van der Waals surface area (Å²) in [5.74, 6) is -0.751. The minimum atomic E-state index is -0.751.